The lowest BCUT2D eigenvalue weighted by atomic mass is 9.83. The van der Waals surface area contributed by atoms with Crippen LogP contribution in [0, 0.1) is 13.8 Å². The van der Waals surface area contributed by atoms with Gasteiger partial charge in [0.25, 0.3) is 0 Å². The van der Waals surface area contributed by atoms with E-state index in [1.54, 1.807) is 12.4 Å². The van der Waals surface area contributed by atoms with E-state index in [0.717, 1.165) is 16.7 Å². The maximum Gasteiger partial charge on any atom is 0.187 e. The third-order valence-electron chi connectivity index (χ3n) is 3.75. The summed E-state index contributed by atoms with van der Waals surface area (Å²) in [5, 5.41) is 0. The number of benzene rings is 1. The number of nitrogens with zero attached hydrogens (tertiary/aromatic N) is 2. The zero-order chi connectivity index (χ0) is 15.6. The number of hydrogen-bond donors (Lipinski definition) is 0. The predicted octanol–water partition coefficient (Wildman–Crippen LogP) is 3.82. The van der Waals surface area contributed by atoms with Crippen molar-refractivity contribution in [3.8, 4) is 0 Å². The lowest BCUT2D eigenvalue weighted by Gasteiger charge is -2.22. The van der Waals surface area contributed by atoms with Gasteiger partial charge in [-0.15, -0.1) is 0 Å². The van der Waals surface area contributed by atoms with Crippen molar-refractivity contribution in [1.82, 2.24) is 9.97 Å². The number of carbonyl (C=O) groups excluding carboxylic acids is 1. The van der Waals surface area contributed by atoms with Crippen molar-refractivity contribution in [2.24, 2.45) is 0 Å². The van der Waals surface area contributed by atoms with E-state index in [1.165, 1.54) is 11.8 Å². The van der Waals surface area contributed by atoms with Crippen molar-refractivity contribution in [1.29, 1.82) is 0 Å². The van der Waals surface area contributed by atoms with Crippen LogP contribution in [0.3, 0.4) is 0 Å². The van der Waals surface area contributed by atoms with Gasteiger partial charge in [-0.05, 0) is 41.5 Å². The fraction of sp³-hybridized carbons (Fsp3) is 0.389. The van der Waals surface area contributed by atoms with Crippen LogP contribution < -0.4 is 0 Å². The van der Waals surface area contributed by atoms with Crippen LogP contribution in [0.15, 0.2) is 30.7 Å². The van der Waals surface area contributed by atoms with Crippen molar-refractivity contribution < 1.29 is 4.79 Å². The van der Waals surface area contributed by atoms with Crippen LogP contribution in [0.1, 0.15) is 53.5 Å². The van der Waals surface area contributed by atoms with Crippen molar-refractivity contribution in [2.45, 2.75) is 46.5 Å². The molecule has 1 aromatic heterocycles. The van der Waals surface area contributed by atoms with Gasteiger partial charge in [0.15, 0.2) is 5.78 Å². The highest BCUT2D eigenvalue weighted by Gasteiger charge is 2.18. The number of hydrogen-bond acceptors (Lipinski definition) is 3. The van der Waals surface area contributed by atoms with Crippen LogP contribution in [0.25, 0.3) is 0 Å². The third kappa shape index (κ3) is 3.54. The number of aromatic nitrogens is 2. The Morgan fingerprint density at radius 1 is 1.10 bits per heavy atom. The Balaban J connectivity index is 2.32. The Kier molecular flexibility index (Phi) is 4.21. The Bertz CT molecular complexity index is 632. The van der Waals surface area contributed by atoms with Gasteiger partial charge in [-0.25, -0.2) is 4.98 Å². The standard InChI is InChI=1S/C18H22N2O/c1-12-8-14(18(3,4)5)9-13(2)15(12)10-17(21)16-11-19-6-7-20-16/h6-9,11H,10H2,1-5H3. The highest BCUT2D eigenvalue weighted by atomic mass is 16.1. The van der Waals surface area contributed by atoms with E-state index in [0.29, 0.717) is 12.1 Å². The monoisotopic (exact) mass is 282 g/mol. The topological polar surface area (TPSA) is 42.9 Å². The molecule has 1 heterocycles. The van der Waals surface area contributed by atoms with Crippen molar-refractivity contribution in [3.05, 3.63) is 58.7 Å². The van der Waals surface area contributed by atoms with E-state index in [1.807, 2.05) is 0 Å². The molecular formula is C18H22N2O. The molecule has 0 saturated heterocycles. The molecule has 0 saturated carbocycles. The van der Waals surface area contributed by atoms with Crippen LogP contribution in [0.4, 0.5) is 0 Å². The summed E-state index contributed by atoms with van der Waals surface area (Å²) < 4.78 is 0. The molecule has 3 nitrogen and oxygen atoms in total. The van der Waals surface area contributed by atoms with Gasteiger partial charge in [0, 0.05) is 18.8 Å². The molecule has 0 aliphatic carbocycles. The Hall–Kier alpha value is -2.03. The second-order valence-electron chi connectivity index (χ2n) is 6.53. The second-order valence-corrected chi connectivity index (χ2v) is 6.53. The molecule has 0 radical (unpaired) electrons. The predicted molar refractivity (Wildman–Crippen MR) is 84.7 cm³/mol. The van der Waals surface area contributed by atoms with Crippen molar-refractivity contribution in [3.63, 3.8) is 0 Å². The summed E-state index contributed by atoms with van der Waals surface area (Å²) >= 11 is 0. The summed E-state index contributed by atoms with van der Waals surface area (Å²) in [5.74, 6) is 0.0119. The molecule has 21 heavy (non-hydrogen) atoms. The van der Waals surface area contributed by atoms with Gasteiger partial charge in [-0.1, -0.05) is 32.9 Å². The molecule has 110 valence electrons. The summed E-state index contributed by atoms with van der Waals surface area (Å²) in [4.78, 5) is 20.3. The maximum atomic E-state index is 12.3. The van der Waals surface area contributed by atoms with Crippen molar-refractivity contribution >= 4 is 5.78 Å². The van der Waals surface area contributed by atoms with E-state index >= 15 is 0 Å². The average Bonchev–Trinajstić information content (AvgIpc) is 2.42. The summed E-state index contributed by atoms with van der Waals surface area (Å²) in [7, 11) is 0. The average molecular weight is 282 g/mol. The fourth-order valence-corrected chi connectivity index (χ4v) is 2.40. The smallest absolute Gasteiger partial charge is 0.187 e. The number of Topliss-reactive ketones (excluding diaryl/α,β-unsaturated/α-hetero) is 1. The summed E-state index contributed by atoms with van der Waals surface area (Å²) in [6.45, 7) is 10.7. The molecule has 0 spiro atoms. The molecule has 0 N–H and O–H groups in total. The van der Waals surface area contributed by atoms with Gasteiger partial charge in [0.05, 0.1) is 6.20 Å². The molecule has 0 bridgehead atoms. The van der Waals surface area contributed by atoms with Crippen LogP contribution in [-0.2, 0) is 11.8 Å². The van der Waals surface area contributed by atoms with Crippen LogP contribution in [0.2, 0.25) is 0 Å². The molecule has 1 aromatic carbocycles. The van der Waals surface area contributed by atoms with Gasteiger partial charge in [0.2, 0.25) is 0 Å². The molecule has 0 amide bonds. The number of aryl methyl sites for hydroxylation is 2. The number of rotatable bonds is 3. The molecule has 3 heteroatoms. The van der Waals surface area contributed by atoms with Crippen LogP contribution in [-0.4, -0.2) is 15.8 Å². The van der Waals surface area contributed by atoms with Crippen LogP contribution in [0.5, 0.6) is 0 Å². The number of carbonyl (C=O) groups is 1. The SMILES string of the molecule is Cc1cc(C(C)(C)C)cc(C)c1CC(=O)c1cnccn1. The van der Waals surface area contributed by atoms with Gasteiger partial charge in [-0.3, -0.25) is 9.78 Å². The van der Waals surface area contributed by atoms with Gasteiger partial charge >= 0.3 is 0 Å². The highest BCUT2D eigenvalue weighted by Crippen LogP contribution is 2.27. The zero-order valence-corrected chi connectivity index (χ0v) is 13.4. The lowest BCUT2D eigenvalue weighted by molar-refractivity contribution is 0.0987. The normalized spacial score (nSPS) is 11.5. The lowest BCUT2D eigenvalue weighted by Crippen LogP contribution is -2.14. The Morgan fingerprint density at radius 2 is 1.71 bits per heavy atom. The van der Waals surface area contributed by atoms with Gasteiger partial charge in [-0.2, -0.15) is 0 Å². The van der Waals surface area contributed by atoms with Gasteiger partial charge < -0.3 is 0 Å². The highest BCUT2D eigenvalue weighted by molar-refractivity contribution is 5.95. The molecule has 2 aromatic rings. The molecule has 0 aliphatic heterocycles. The quantitative estimate of drug-likeness (QED) is 0.804. The molecule has 0 atom stereocenters. The molecule has 0 fully saturated rings. The molecule has 0 aliphatic rings. The minimum absolute atomic E-state index is 0.0119. The van der Waals surface area contributed by atoms with Crippen LogP contribution >= 0.6 is 0 Å². The maximum absolute atomic E-state index is 12.3. The molecule has 2 rings (SSSR count). The first-order valence-corrected chi connectivity index (χ1v) is 7.19. The third-order valence-corrected chi connectivity index (χ3v) is 3.75. The zero-order valence-electron chi connectivity index (χ0n) is 13.4. The van der Waals surface area contributed by atoms with Gasteiger partial charge in [0.1, 0.15) is 5.69 Å². The van der Waals surface area contributed by atoms with E-state index in [2.05, 4.69) is 56.7 Å². The second kappa shape index (κ2) is 5.76. The summed E-state index contributed by atoms with van der Waals surface area (Å²) in [5.41, 5.74) is 5.26. The molecule has 0 unspecified atom stereocenters. The molecular weight excluding hydrogens is 260 g/mol. The Labute approximate surface area is 126 Å². The Morgan fingerprint density at radius 3 is 2.19 bits per heavy atom. The van der Waals surface area contributed by atoms with E-state index in [4.69, 9.17) is 0 Å². The fourth-order valence-electron chi connectivity index (χ4n) is 2.40. The summed E-state index contributed by atoms with van der Waals surface area (Å²) in [6, 6.07) is 4.37. The number of ketones is 1. The van der Waals surface area contributed by atoms with E-state index in [-0.39, 0.29) is 11.2 Å². The first-order valence-electron chi connectivity index (χ1n) is 7.19. The first kappa shape index (κ1) is 15.4. The summed E-state index contributed by atoms with van der Waals surface area (Å²) in [6.07, 6.45) is 5.03. The minimum Gasteiger partial charge on any atom is -0.292 e. The minimum atomic E-state index is 0.0119. The largest absolute Gasteiger partial charge is 0.292 e. The van der Waals surface area contributed by atoms with E-state index < -0.39 is 0 Å². The van der Waals surface area contributed by atoms with Crippen molar-refractivity contribution in [2.75, 3.05) is 0 Å². The van der Waals surface area contributed by atoms with E-state index in [9.17, 15) is 4.79 Å². The first-order chi connectivity index (χ1) is 9.79.